The number of rotatable bonds is 7. The Bertz CT molecular complexity index is 1640. The lowest BCUT2D eigenvalue weighted by molar-refractivity contribution is -0.131. The van der Waals surface area contributed by atoms with Gasteiger partial charge in [-0.1, -0.05) is 48.5 Å². The van der Waals surface area contributed by atoms with E-state index in [9.17, 15) is 14.4 Å². The third kappa shape index (κ3) is 5.72. The third-order valence-electron chi connectivity index (χ3n) is 9.34. The van der Waals surface area contributed by atoms with E-state index in [0.29, 0.717) is 37.0 Å². The number of nitriles is 1. The first-order chi connectivity index (χ1) is 21.2. The lowest BCUT2D eigenvalue weighted by Gasteiger charge is -2.42. The van der Waals surface area contributed by atoms with Crippen molar-refractivity contribution in [3.63, 3.8) is 0 Å². The standard InChI is InChI=1S/C33H36ClFN6O3/c1-21(35)31(42)41-16-15-40(18-23(41)11-13-36)30-25-19-43-28(24-9-4-7-22-8-5-10-26(34)29(22)24)17-27(25)37-32(38-30)44-20-33(2)12-6-14-39(33)3/h4-5,7-10,23,28H,1,6,11-12,14-20H2,2-3H3/t23-,28?,33-/m0/s1. The molecule has 2 saturated heterocycles. The number of fused-ring (bicyclic) bond motifs is 2. The molecule has 0 aliphatic carbocycles. The SMILES string of the molecule is C=C(F)C(=O)N1CCN(c2nc(OC[C@]3(C)CCCN3C)nc3c2COC(c2cccc4cccc(Cl)c24)C3)C[C@@H]1CC#N. The predicted octanol–water partition coefficient (Wildman–Crippen LogP) is 5.37. The normalized spacial score (nSPS) is 23.8. The average molecular weight is 619 g/mol. The van der Waals surface area contributed by atoms with Crippen molar-refractivity contribution in [2.45, 2.75) is 56.9 Å². The molecular weight excluding hydrogens is 583 g/mol. The monoisotopic (exact) mass is 618 g/mol. The largest absolute Gasteiger partial charge is 0.461 e. The second kappa shape index (κ2) is 12.3. The second-order valence-electron chi connectivity index (χ2n) is 12.1. The molecule has 230 valence electrons. The summed E-state index contributed by atoms with van der Waals surface area (Å²) in [6.07, 6.45) is 2.39. The van der Waals surface area contributed by atoms with Gasteiger partial charge in [0.25, 0.3) is 5.91 Å². The number of aromatic nitrogens is 2. The quantitative estimate of drug-likeness (QED) is 0.326. The smallest absolute Gasteiger partial charge is 0.318 e. The van der Waals surface area contributed by atoms with Crippen molar-refractivity contribution in [3.8, 4) is 12.1 Å². The zero-order chi connectivity index (χ0) is 31.0. The molecule has 1 amide bonds. The molecule has 3 aromatic rings. The highest BCUT2D eigenvalue weighted by atomic mass is 35.5. The Morgan fingerprint density at radius 2 is 2.05 bits per heavy atom. The first kappa shape index (κ1) is 30.3. The van der Waals surface area contributed by atoms with Crippen LogP contribution in [0.1, 0.15) is 49.1 Å². The van der Waals surface area contributed by atoms with Crippen LogP contribution in [-0.2, 0) is 22.6 Å². The first-order valence-electron chi connectivity index (χ1n) is 15.0. The Labute approximate surface area is 261 Å². The summed E-state index contributed by atoms with van der Waals surface area (Å²) in [5, 5.41) is 12.2. The lowest BCUT2D eigenvalue weighted by atomic mass is 9.94. The number of nitrogens with zero attached hydrogens (tertiary/aromatic N) is 6. The number of likely N-dealkylation sites (tertiary alicyclic amines) is 1. The molecule has 44 heavy (non-hydrogen) atoms. The van der Waals surface area contributed by atoms with Crippen molar-refractivity contribution in [1.29, 1.82) is 5.26 Å². The summed E-state index contributed by atoms with van der Waals surface area (Å²) in [6.45, 7) is 8.01. The van der Waals surface area contributed by atoms with Gasteiger partial charge in [0, 0.05) is 42.0 Å². The number of ether oxygens (including phenoxy) is 2. The Kier molecular flexibility index (Phi) is 8.46. The number of anilines is 1. The molecule has 0 saturated carbocycles. The summed E-state index contributed by atoms with van der Waals surface area (Å²) in [6, 6.07) is 13.8. The van der Waals surface area contributed by atoms with Crippen LogP contribution < -0.4 is 9.64 Å². The van der Waals surface area contributed by atoms with Gasteiger partial charge in [-0.15, -0.1) is 0 Å². The summed E-state index contributed by atoms with van der Waals surface area (Å²) in [5.41, 5.74) is 2.54. The van der Waals surface area contributed by atoms with Crippen LogP contribution in [0.4, 0.5) is 10.2 Å². The second-order valence-corrected chi connectivity index (χ2v) is 12.5. The molecule has 4 heterocycles. The van der Waals surface area contributed by atoms with Crippen molar-refractivity contribution in [1.82, 2.24) is 19.8 Å². The average Bonchev–Trinajstić information content (AvgIpc) is 3.36. The Hall–Kier alpha value is -3.78. The number of halogens is 2. The van der Waals surface area contributed by atoms with E-state index in [2.05, 4.69) is 31.5 Å². The van der Waals surface area contributed by atoms with Crippen molar-refractivity contribution in [2.75, 3.05) is 44.7 Å². The van der Waals surface area contributed by atoms with Crippen LogP contribution in [-0.4, -0.2) is 77.1 Å². The van der Waals surface area contributed by atoms with Gasteiger partial charge in [-0.3, -0.25) is 9.69 Å². The minimum Gasteiger partial charge on any atom is -0.461 e. The van der Waals surface area contributed by atoms with Gasteiger partial charge >= 0.3 is 6.01 Å². The summed E-state index contributed by atoms with van der Waals surface area (Å²) in [7, 11) is 2.11. The topological polar surface area (TPSA) is 94.8 Å². The number of carbonyl (C=O) groups excluding carboxylic acids is 1. The fourth-order valence-corrected chi connectivity index (χ4v) is 6.95. The van der Waals surface area contributed by atoms with Gasteiger partial charge in [-0.2, -0.15) is 15.2 Å². The highest BCUT2D eigenvalue weighted by Crippen LogP contribution is 2.40. The molecule has 3 atom stereocenters. The first-order valence-corrected chi connectivity index (χ1v) is 15.4. The minimum atomic E-state index is -1.03. The van der Waals surface area contributed by atoms with Crippen molar-refractivity contribution >= 4 is 34.1 Å². The molecule has 6 rings (SSSR count). The molecule has 9 nitrogen and oxygen atoms in total. The third-order valence-corrected chi connectivity index (χ3v) is 9.65. The number of hydrogen-bond donors (Lipinski definition) is 0. The fourth-order valence-electron chi connectivity index (χ4n) is 6.66. The van der Waals surface area contributed by atoms with E-state index in [4.69, 9.17) is 31.0 Å². The number of amides is 1. The van der Waals surface area contributed by atoms with Crippen molar-refractivity contribution < 1.29 is 18.7 Å². The molecule has 0 bridgehead atoms. The van der Waals surface area contributed by atoms with Gasteiger partial charge in [0.05, 0.1) is 42.5 Å². The minimum absolute atomic E-state index is 0.0528. The zero-order valence-electron chi connectivity index (χ0n) is 25.1. The van der Waals surface area contributed by atoms with E-state index in [1.54, 1.807) is 0 Å². The molecule has 11 heteroatoms. The van der Waals surface area contributed by atoms with Crippen LogP contribution in [0.3, 0.4) is 0 Å². The molecule has 1 unspecified atom stereocenters. The Morgan fingerprint density at radius 1 is 1.25 bits per heavy atom. The van der Waals surface area contributed by atoms with Crippen LogP contribution in [0.25, 0.3) is 10.8 Å². The molecule has 2 aromatic carbocycles. The predicted molar refractivity (Wildman–Crippen MR) is 166 cm³/mol. The highest BCUT2D eigenvalue weighted by molar-refractivity contribution is 6.35. The summed E-state index contributed by atoms with van der Waals surface area (Å²) in [5.74, 6) is -1.17. The molecule has 0 N–H and O–H groups in total. The Morgan fingerprint density at radius 3 is 2.77 bits per heavy atom. The van der Waals surface area contributed by atoms with Gasteiger partial charge in [-0.05, 0) is 50.4 Å². The van der Waals surface area contributed by atoms with Crippen LogP contribution >= 0.6 is 11.6 Å². The van der Waals surface area contributed by atoms with Gasteiger partial charge in [0.2, 0.25) is 0 Å². The van der Waals surface area contributed by atoms with E-state index in [1.165, 1.54) is 4.90 Å². The summed E-state index contributed by atoms with van der Waals surface area (Å²) >= 11 is 6.66. The van der Waals surface area contributed by atoms with Gasteiger partial charge in [0.1, 0.15) is 12.4 Å². The van der Waals surface area contributed by atoms with E-state index in [-0.39, 0.29) is 37.2 Å². The Balaban J connectivity index is 1.35. The van der Waals surface area contributed by atoms with E-state index < -0.39 is 17.8 Å². The molecule has 3 aliphatic rings. The fraction of sp³-hybridized carbons (Fsp3) is 0.455. The molecular formula is C33H36ClFN6O3. The molecule has 0 spiro atoms. The van der Waals surface area contributed by atoms with Crippen LogP contribution in [0.2, 0.25) is 5.02 Å². The van der Waals surface area contributed by atoms with E-state index in [1.807, 2.05) is 41.3 Å². The molecule has 3 aliphatic heterocycles. The zero-order valence-corrected chi connectivity index (χ0v) is 25.8. The number of hydrogen-bond acceptors (Lipinski definition) is 8. The summed E-state index contributed by atoms with van der Waals surface area (Å²) < 4.78 is 26.6. The van der Waals surface area contributed by atoms with Crippen molar-refractivity contribution in [3.05, 3.63) is 70.6 Å². The van der Waals surface area contributed by atoms with Crippen molar-refractivity contribution in [2.24, 2.45) is 0 Å². The molecule has 0 radical (unpaired) electrons. The van der Waals surface area contributed by atoms with Gasteiger partial charge in [0.15, 0.2) is 5.83 Å². The lowest BCUT2D eigenvalue weighted by Crippen LogP contribution is -2.55. The number of carbonyl (C=O) groups is 1. The maximum absolute atomic E-state index is 13.8. The maximum atomic E-state index is 13.8. The number of piperazine rings is 1. The maximum Gasteiger partial charge on any atom is 0.318 e. The molecule has 1 aromatic heterocycles. The van der Waals surface area contributed by atoms with Gasteiger partial charge < -0.3 is 19.3 Å². The summed E-state index contributed by atoms with van der Waals surface area (Å²) in [4.78, 5) is 28.0. The molecule has 2 fully saturated rings. The van der Waals surface area contributed by atoms with Crippen LogP contribution in [0.15, 0.2) is 48.8 Å². The number of likely N-dealkylation sites (N-methyl/N-ethyl adjacent to an activating group) is 1. The number of benzene rings is 2. The van der Waals surface area contributed by atoms with E-state index in [0.717, 1.165) is 47.0 Å². The van der Waals surface area contributed by atoms with Crippen LogP contribution in [0, 0.1) is 11.3 Å². The highest BCUT2D eigenvalue weighted by Gasteiger charge is 2.37. The van der Waals surface area contributed by atoms with E-state index >= 15 is 0 Å². The van der Waals surface area contributed by atoms with Crippen LogP contribution in [0.5, 0.6) is 6.01 Å². The van der Waals surface area contributed by atoms with Gasteiger partial charge in [-0.25, -0.2) is 4.39 Å².